The van der Waals surface area contributed by atoms with Crippen LogP contribution in [0, 0.1) is 0 Å². The molecule has 0 saturated carbocycles. The monoisotopic (exact) mass is 394 g/mol. The van der Waals surface area contributed by atoms with Crippen molar-refractivity contribution in [2.75, 3.05) is 32.6 Å². The molecule has 1 atom stereocenters. The minimum atomic E-state index is -3.21. The van der Waals surface area contributed by atoms with Gasteiger partial charge in [0.05, 0.1) is 6.26 Å². The molecule has 1 aromatic rings. The number of rotatable bonds is 7. The van der Waals surface area contributed by atoms with Crippen LogP contribution in [-0.2, 0) is 26.0 Å². The molecule has 2 heterocycles. The smallest absolute Gasteiger partial charge is 0.223 e. The summed E-state index contributed by atoms with van der Waals surface area (Å²) < 4.78 is 30.7. The molecule has 2 aliphatic rings. The standard InChI is InChI=1S/C20H30N2O4S/c1-27(24,25)21-13-10-19(16-21)22(18-11-14-26-15-12-18)20(23)9-5-8-17-6-3-2-4-7-17/h2-4,6-7,18-19H,5,8-16H2,1H3. The van der Waals surface area contributed by atoms with E-state index in [4.69, 9.17) is 4.74 Å². The van der Waals surface area contributed by atoms with E-state index in [0.29, 0.717) is 32.7 Å². The number of ether oxygens (including phenoxy) is 1. The highest BCUT2D eigenvalue weighted by Gasteiger charge is 2.37. The maximum absolute atomic E-state index is 13.1. The summed E-state index contributed by atoms with van der Waals surface area (Å²) in [5, 5.41) is 0. The highest BCUT2D eigenvalue weighted by atomic mass is 32.2. The Balaban J connectivity index is 1.63. The Kier molecular flexibility index (Phi) is 6.89. The molecule has 7 heteroatoms. The van der Waals surface area contributed by atoms with E-state index in [2.05, 4.69) is 12.1 Å². The summed E-state index contributed by atoms with van der Waals surface area (Å²) in [4.78, 5) is 15.1. The van der Waals surface area contributed by atoms with Crippen LogP contribution in [0.15, 0.2) is 30.3 Å². The Morgan fingerprint density at radius 2 is 1.85 bits per heavy atom. The van der Waals surface area contributed by atoms with Crippen molar-refractivity contribution in [3.63, 3.8) is 0 Å². The van der Waals surface area contributed by atoms with Crippen molar-refractivity contribution in [3.05, 3.63) is 35.9 Å². The van der Waals surface area contributed by atoms with Crippen molar-refractivity contribution in [2.24, 2.45) is 0 Å². The molecule has 2 aliphatic heterocycles. The third kappa shape index (κ3) is 5.53. The molecule has 1 aromatic carbocycles. The lowest BCUT2D eigenvalue weighted by Crippen LogP contribution is -2.50. The van der Waals surface area contributed by atoms with Crippen molar-refractivity contribution in [1.82, 2.24) is 9.21 Å². The van der Waals surface area contributed by atoms with Crippen LogP contribution in [0.2, 0.25) is 0 Å². The van der Waals surface area contributed by atoms with Crippen molar-refractivity contribution < 1.29 is 17.9 Å². The SMILES string of the molecule is CS(=O)(=O)N1CCC(N(C(=O)CCCc2ccccc2)C2CCOCC2)C1. The molecule has 0 N–H and O–H groups in total. The fourth-order valence-corrected chi connectivity index (χ4v) is 5.01. The van der Waals surface area contributed by atoms with Gasteiger partial charge in [-0.1, -0.05) is 30.3 Å². The van der Waals surface area contributed by atoms with E-state index in [1.807, 2.05) is 23.1 Å². The van der Waals surface area contributed by atoms with Crippen LogP contribution >= 0.6 is 0 Å². The molecule has 2 saturated heterocycles. The molecule has 6 nitrogen and oxygen atoms in total. The van der Waals surface area contributed by atoms with E-state index in [0.717, 1.165) is 32.1 Å². The number of carbonyl (C=O) groups is 1. The van der Waals surface area contributed by atoms with Crippen molar-refractivity contribution in [3.8, 4) is 0 Å². The zero-order chi connectivity index (χ0) is 19.3. The molecule has 1 unspecified atom stereocenters. The summed E-state index contributed by atoms with van der Waals surface area (Å²) in [5.74, 6) is 0.151. The first kappa shape index (κ1) is 20.3. The fraction of sp³-hybridized carbons (Fsp3) is 0.650. The number of carbonyl (C=O) groups excluding carboxylic acids is 1. The number of amides is 1. The second kappa shape index (κ2) is 9.17. The average molecular weight is 395 g/mol. The van der Waals surface area contributed by atoms with Gasteiger partial charge in [-0.05, 0) is 37.7 Å². The van der Waals surface area contributed by atoms with Gasteiger partial charge in [-0.2, -0.15) is 0 Å². The highest BCUT2D eigenvalue weighted by Crippen LogP contribution is 2.26. The molecule has 0 bridgehead atoms. The van der Waals surface area contributed by atoms with Crippen molar-refractivity contribution in [2.45, 2.75) is 50.6 Å². The normalized spacial score (nSPS) is 22.0. The number of benzene rings is 1. The van der Waals surface area contributed by atoms with Crippen LogP contribution in [0.1, 0.15) is 37.7 Å². The molecule has 0 aliphatic carbocycles. The van der Waals surface area contributed by atoms with Crippen LogP contribution in [-0.4, -0.2) is 68.2 Å². The second-order valence-corrected chi connectivity index (χ2v) is 9.53. The van der Waals surface area contributed by atoms with E-state index in [9.17, 15) is 13.2 Å². The summed E-state index contributed by atoms with van der Waals surface area (Å²) in [6.45, 7) is 2.25. The Labute approximate surface area is 162 Å². The number of aryl methyl sites for hydroxylation is 1. The van der Waals surface area contributed by atoms with E-state index < -0.39 is 10.0 Å². The van der Waals surface area contributed by atoms with E-state index >= 15 is 0 Å². The molecule has 0 spiro atoms. The van der Waals surface area contributed by atoms with Crippen LogP contribution in [0.3, 0.4) is 0 Å². The highest BCUT2D eigenvalue weighted by molar-refractivity contribution is 7.88. The van der Waals surface area contributed by atoms with Gasteiger partial charge in [0, 0.05) is 44.8 Å². The number of nitrogens with zero attached hydrogens (tertiary/aromatic N) is 2. The van der Waals surface area contributed by atoms with Gasteiger partial charge < -0.3 is 9.64 Å². The maximum atomic E-state index is 13.1. The molecule has 0 radical (unpaired) electrons. The third-order valence-corrected chi connectivity index (χ3v) is 6.83. The van der Waals surface area contributed by atoms with Gasteiger partial charge in [0.1, 0.15) is 0 Å². The first-order valence-electron chi connectivity index (χ1n) is 9.83. The first-order valence-corrected chi connectivity index (χ1v) is 11.7. The second-order valence-electron chi connectivity index (χ2n) is 7.55. The quantitative estimate of drug-likeness (QED) is 0.710. The fourth-order valence-electron chi connectivity index (χ4n) is 4.13. The predicted octanol–water partition coefficient (Wildman–Crippen LogP) is 2.05. The van der Waals surface area contributed by atoms with Crippen LogP contribution in [0.25, 0.3) is 0 Å². The third-order valence-electron chi connectivity index (χ3n) is 5.56. The van der Waals surface area contributed by atoms with Gasteiger partial charge >= 0.3 is 0 Å². The Morgan fingerprint density at radius 3 is 2.48 bits per heavy atom. The number of hydrogen-bond donors (Lipinski definition) is 0. The minimum Gasteiger partial charge on any atom is -0.381 e. The molecular weight excluding hydrogens is 364 g/mol. The summed E-state index contributed by atoms with van der Waals surface area (Å²) in [6.07, 6.45) is 5.82. The Morgan fingerprint density at radius 1 is 1.15 bits per heavy atom. The molecule has 27 heavy (non-hydrogen) atoms. The molecule has 0 aromatic heterocycles. The molecular formula is C20H30N2O4S. The number of sulfonamides is 1. The zero-order valence-corrected chi connectivity index (χ0v) is 16.9. The summed E-state index contributed by atoms with van der Waals surface area (Å²) in [7, 11) is -3.21. The van der Waals surface area contributed by atoms with Crippen molar-refractivity contribution >= 4 is 15.9 Å². The molecule has 3 rings (SSSR count). The van der Waals surface area contributed by atoms with Gasteiger partial charge in [0.15, 0.2) is 0 Å². The maximum Gasteiger partial charge on any atom is 0.223 e. The van der Waals surface area contributed by atoms with E-state index in [1.54, 1.807) is 0 Å². The molecule has 150 valence electrons. The first-order chi connectivity index (χ1) is 12.9. The summed E-state index contributed by atoms with van der Waals surface area (Å²) >= 11 is 0. The topological polar surface area (TPSA) is 66.9 Å². The van der Waals surface area contributed by atoms with Crippen LogP contribution in [0.4, 0.5) is 0 Å². The van der Waals surface area contributed by atoms with Gasteiger partial charge in [-0.25, -0.2) is 12.7 Å². The lowest BCUT2D eigenvalue weighted by Gasteiger charge is -2.38. The van der Waals surface area contributed by atoms with Crippen LogP contribution < -0.4 is 0 Å². The van der Waals surface area contributed by atoms with Crippen LogP contribution in [0.5, 0.6) is 0 Å². The lowest BCUT2D eigenvalue weighted by molar-refractivity contribution is -0.138. The minimum absolute atomic E-state index is 0.0212. The summed E-state index contributed by atoms with van der Waals surface area (Å²) in [5.41, 5.74) is 1.24. The van der Waals surface area contributed by atoms with Gasteiger partial charge in [-0.3, -0.25) is 4.79 Å². The van der Waals surface area contributed by atoms with Gasteiger partial charge in [0.2, 0.25) is 15.9 Å². The van der Waals surface area contributed by atoms with E-state index in [-0.39, 0.29) is 18.0 Å². The average Bonchev–Trinajstić information content (AvgIpc) is 3.14. The zero-order valence-electron chi connectivity index (χ0n) is 16.0. The Bertz CT molecular complexity index is 717. The molecule has 1 amide bonds. The largest absolute Gasteiger partial charge is 0.381 e. The van der Waals surface area contributed by atoms with Gasteiger partial charge in [0.25, 0.3) is 0 Å². The van der Waals surface area contributed by atoms with Gasteiger partial charge in [-0.15, -0.1) is 0 Å². The Hall–Kier alpha value is -1.44. The number of hydrogen-bond acceptors (Lipinski definition) is 4. The predicted molar refractivity (Wildman–Crippen MR) is 105 cm³/mol. The summed E-state index contributed by atoms with van der Waals surface area (Å²) in [6, 6.07) is 10.3. The lowest BCUT2D eigenvalue weighted by atomic mass is 10.0. The molecule has 2 fully saturated rings. The van der Waals surface area contributed by atoms with Crippen molar-refractivity contribution in [1.29, 1.82) is 0 Å². The van der Waals surface area contributed by atoms with E-state index in [1.165, 1.54) is 16.1 Å².